The van der Waals surface area contributed by atoms with Gasteiger partial charge >= 0.3 is 6.18 Å². The first-order valence-electron chi connectivity index (χ1n) is 6.29. The quantitative estimate of drug-likeness (QED) is 0.850. The van der Waals surface area contributed by atoms with Crippen molar-refractivity contribution in [2.75, 3.05) is 0 Å². The normalized spacial score (nSPS) is 24.1. The fourth-order valence-corrected chi connectivity index (χ4v) is 2.85. The lowest BCUT2D eigenvalue weighted by atomic mass is 9.75. The third-order valence-corrected chi connectivity index (χ3v) is 3.49. The van der Waals surface area contributed by atoms with E-state index in [1.165, 1.54) is 0 Å². The zero-order valence-electron chi connectivity index (χ0n) is 10.6. The molecule has 0 heterocycles. The van der Waals surface area contributed by atoms with Gasteiger partial charge in [0.05, 0.1) is 0 Å². The molecule has 1 aliphatic carbocycles. The van der Waals surface area contributed by atoms with Crippen LogP contribution in [0.5, 0.6) is 0 Å². The SMILES string of the molecule is CC(C)NC1(C(F)(F)F)CCCc2ccccc21. The molecule has 0 aliphatic heterocycles. The van der Waals surface area contributed by atoms with Crippen molar-refractivity contribution in [2.24, 2.45) is 0 Å². The lowest BCUT2D eigenvalue weighted by Crippen LogP contribution is -2.57. The van der Waals surface area contributed by atoms with Gasteiger partial charge in [-0.1, -0.05) is 24.3 Å². The molecule has 0 fully saturated rings. The maximum Gasteiger partial charge on any atom is 0.410 e. The van der Waals surface area contributed by atoms with Crippen LogP contribution >= 0.6 is 0 Å². The average molecular weight is 257 g/mol. The summed E-state index contributed by atoms with van der Waals surface area (Å²) in [5.74, 6) is 0. The van der Waals surface area contributed by atoms with Crippen molar-refractivity contribution < 1.29 is 13.2 Å². The van der Waals surface area contributed by atoms with E-state index in [0.29, 0.717) is 12.0 Å². The van der Waals surface area contributed by atoms with Gasteiger partial charge in [0.2, 0.25) is 0 Å². The molecule has 0 saturated carbocycles. The Morgan fingerprint density at radius 2 is 1.89 bits per heavy atom. The molecule has 1 atom stereocenters. The lowest BCUT2D eigenvalue weighted by molar-refractivity contribution is -0.207. The van der Waals surface area contributed by atoms with Gasteiger partial charge < -0.3 is 0 Å². The third-order valence-electron chi connectivity index (χ3n) is 3.49. The zero-order valence-corrected chi connectivity index (χ0v) is 10.6. The van der Waals surface area contributed by atoms with Crippen LogP contribution in [-0.2, 0) is 12.0 Å². The molecule has 0 spiro atoms. The van der Waals surface area contributed by atoms with Crippen molar-refractivity contribution in [3.8, 4) is 0 Å². The van der Waals surface area contributed by atoms with E-state index >= 15 is 0 Å². The maximum atomic E-state index is 13.6. The van der Waals surface area contributed by atoms with E-state index in [2.05, 4.69) is 5.32 Å². The van der Waals surface area contributed by atoms with Crippen molar-refractivity contribution in [1.29, 1.82) is 0 Å². The monoisotopic (exact) mass is 257 g/mol. The topological polar surface area (TPSA) is 12.0 Å². The van der Waals surface area contributed by atoms with Crippen LogP contribution < -0.4 is 5.32 Å². The molecule has 0 amide bonds. The number of nitrogens with one attached hydrogen (secondary N) is 1. The number of rotatable bonds is 2. The predicted octanol–water partition coefficient (Wildman–Crippen LogP) is 3.78. The molecule has 0 bridgehead atoms. The smallest absolute Gasteiger partial charge is 0.298 e. The summed E-state index contributed by atoms with van der Waals surface area (Å²) < 4.78 is 40.7. The van der Waals surface area contributed by atoms with Gasteiger partial charge in [-0.2, -0.15) is 13.2 Å². The Kier molecular flexibility index (Phi) is 3.41. The van der Waals surface area contributed by atoms with E-state index in [-0.39, 0.29) is 12.5 Å². The molecule has 1 aromatic rings. The highest BCUT2D eigenvalue weighted by atomic mass is 19.4. The standard InChI is InChI=1S/C14H18F3N/c1-10(2)18-13(14(15,16)17)9-5-7-11-6-3-4-8-12(11)13/h3-4,6,8,10,18H,5,7,9H2,1-2H3. The molecule has 1 unspecified atom stereocenters. The highest BCUT2D eigenvalue weighted by molar-refractivity contribution is 5.37. The summed E-state index contributed by atoms with van der Waals surface area (Å²) >= 11 is 0. The van der Waals surface area contributed by atoms with Crippen molar-refractivity contribution in [3.05, 3.63) is 35.4 Å². The molecule has 1 aliphatic rings. The van der Waals surface area contributed by atoms with Crippen LogP contribution in [0.1, 0.15) is 37.8 Å². The largest absolute Gasteiger partial charge is 0.410 e. The number of halogens is 3. The van der Waals surface area contributed by atoms with E-state index in [9.17, 15) is 13.2 Å². The number of fused-ring (bicyclic) bond motifs is 1. The Bertz CT molecular complexity index is 425. The van der Waals surface area contributed by atoms with Gasteiger partial charge in [0.1, 0.15) is 5.54 Å². The van der Waals surface area contributed by atoms with Gasteiger partial charge in [0, 0.05) is 6.04 Å². The summed E-state index contributed by atoms with van der Waals surface area (Å²) in [7, 11) is 0. The highest BCUT2D eigenvalue weighted by Gasteiger charge is 2.57. The molecule has 100 valence electrons. The summed E-state index contributed by atoms with van der Waals surface area (Å²) in [5.41, 5.74) is -0.664. The number of hydrogen-bond donors (Lipinski definition) is 1. The van der Waals surface area contributed by atoms with E-state index < -0.39 is 11.7 Å². The van der Waals surface area contributed by atoms with Crippen LogP contribution in [0.4, 0.5) is 13.2 Å². The van der Waals surface area contributed by atoms with Gasteiger partial charge in [-0.05, 0) is 44.2 Å². The first kappa shape index (κ1) is 13.4. The second kappa shape index (κ2) is 4.57. The van der Waals surface area contributed by atoms with Crippen LogP contribution in [0, 0.1) is 0 Å². The minimum absolute atomic E-state index is 0.117. The molecule has 1 nitrogen and oxygen atoms in total. The van der Waals surface area contributed by atoms with Crippen molar-refractivity contribution >= 4 is 0 Å². The molecule has 18 heavy (non-hydrogen) atoms. The highest BCUT2D eigenvalue weighted by Crippen LogP contribution is 2.46. The van der Waals surface area contributed by atoms with Crippen LogP contribution in [0.3, 0.4) is 0 Å². The van der Waals surface area contributed by atoms with Gasteiger partial charge in [-0.15, -0.1) is 0 Å². The fourth-order valence-electron chi connectivity index (χ4n) is 2.85. The summed E-state index contributed by atoms with van der Waals surface area (Å²) in [4.78, 5) is 0. The summed E-state index contributed by atoms with van der Waals surface area (Å²) in [6.07, 6.45) is -2.86. The predicted molar refractivity (Wildman–Crippen MR) is 65.4 cm³/mol. The summed E-state index contributed by atoms with van der Waals surface area (Å²) in [5, 5.41) is 2.77. The van der Waals surface area contributed by atoms with E-state index in [0.717, 1.165) is 12.0 Å². The van der Waals surface area contributed by atoms with E-state index in [4.69, 9.17) is 0 Å². The number of aryl methyl sites for hydroxylation is 1. The van der Waals surface area contributed by atoms with Gasteiger partial charge in [0.25, 0.3) is 0 Å². The summed E-state index contributed by atoms with van der Waals surface area (Å²) in [6, 6.07) is 6.69. The van der Waals surface area contributed by atoms with Crippen LogP contribution in [-0.4, -0.2) is 12.2 Å². The Hall–Kier alpha value is -1.03. The Labute approximate surface area is 105 Å². The molecule has 0 aromatic heterocycles. The molecular weight excluding hydrogens is 239 g/mol. The Balaban J connectivity index is 2.55. The summed E-state index contributed by atoms with van der Waals surface area (Å²) in [6.45, 7) is 3.51. The molecule has 4 heteroatoms. The second-order valence-corrected chi connectivity index (χ2v) is 5.21. The molecule has 1 aromatic carbocycles. The van der Waals surface area contributed by atoms with E-state index in [1.807, 2.05) is 0 Å². The zero-order chi connectivity index (χ0) is 13.4. The van der Waals surface area contributed by atoms with Gasteiger partial charge in [-0.25, -0.2) is 0 Å². The first-order chi connectivity index (χ1) is 8.37. The molecule has 1 N–H and O–H groups in total. The Morgan fingerprint density at radius 3 is 2.50 bits per heavy atom. The minimum Gasteiger partial charge on any atom is -0.298 e. The fraction of sp³-hybridized carbons (Fsp3) is 0.571. The van der Waals surface area contributed by atoms with Gasteiger partial charge in [0.15, 0.2) is 0 Å². The first-order valence-corrected chi connectivity index (χ1v) is 6.29. The van der Waals surface area contributed by atoms with Crippen LogP contribution in [0.15, 0.2) is 24.3 Å². The number of alkyl halides is 3. The Morgan fingerprint density at radius 1 is 1.22 bits per heavy atom. The maximum absolute atomic E-state index is 13.6. The van der Waals surface area contributed by atoms with Crippen molar-refractivity contribution in [2.45, 2.75) is 50.9 Å². The molecular formula is C14H18F3N. The lowest BCUT2D eigenvalue weighted by Gasteiger charge is -2.42. The molecule has 0 radical (unpaired) electrons. The number of benzene rings is 1. The third kappa shape index (κ3) is 2.14. The van der Waals surface area contributed by atoms with Crippen LogP contribution in [0.25, 0.3) is 0 Å². The van der Waals surface area contributed by atoms with Gasteiger partial charge in [-0.3, -0.25) is 5.32 Å². The second-order valence-electron chi connectivity index (χ2n) is 5.21. The van der Waals surface area contributed by atoms with Crippen LogP contribution in [0.2, 0.25) is 0 Å². The van der Waals surface area contributed by atoms with Crippen molar-refractivity contribution in [3.63, 3.8) is 0 Å². The molecule has 0 saturated heterocycles. The minimum atomic E-state index is -4.27. The number of hydrogen-bond acceptors (Lipinski definition) is 1. The average Bonchev–Trinajstić information content (AvgIpc) is 2.27. The van der Waals surface area contributed by atoms with Crippen molar-refractivity contribution in [1.82, 2.24) is 5.32 Å². The molecule has 2 rings (SSSR count). The van der Waals surface area contributed by atoms with E-state index in [1.54, 1.807) is 38.1 Å².